The number of nitrogens with one attached hydrogen (secondary N) is 1. The second-order valence-electron chi connectivity index (χ2n) is 7.34. The molecule has 4 aromatic heterocycles. The van der Waals surface area contributed by atoms with Crippen molar-refractivity contribution in [2.24, 2.45) is 0 Å². The molecule has 0 bridgehead atoms. The van der Waals surface area contributed by atoms with Gasteiger partial charge in [0.05, 0.1) is 5.56 Å². The van der Waals surface area contributed by atoms with E-state index in [2.05, 4.69) is 20.1 Å². The van der Waals surface area contributed by atoms with Crippen molar-refractivity contribution in [2.45, 2.75) is 20.4 Å². The lowest BCUT2D eigenvalue weighted by atomic mass is 9.99. The van der Waals surface area contributed by atoms with Crippen LogP contribution in [0.4, 0.5) is 5.95 Å². The summed E-state index contributed by atoms with van der Waals surface area (Å²) in [6, 6.07) is 13.7. The predicted molar refractivity (Wildman–Crippen MR) is 114 cm³/mol. The highest BCUT2D eigenvalue weighted by molar-refractivity contribution is 5.88. The van der Waals surface area contributed by atoms with Gasteiger partial charge in [-0.2, -0.15) is 4.68 Å². The largest absolute Gasteiger partial charge is 0.451 e. The third kappa shape index (κ3) is 3.25. The van der Waals surface area contributed by atoms with Gasteiger partial charge in [0.15, 0.2) is 6.39 Å². The van der Waals surface area contributed by atoms with Crippen molar-refractivity contribution in [3.63, 3.8) is 0 Å². The summed E-state index contributed by atoms with van der Waals surface area (Å²) in [5.74, 6) is 0.0975. The van der Waals surface area contributed by atoms with Crippen molar-refractivity contribution in [3.05, 3.63) is 82.7 Å². The average molecular weight is 414 g/mol. The minimum Gasteiger partial charge on any atom is -0.451 e. The number of nitrogen functional groups attached to an aromatic ring is 1. The van der Waals surface area contributed by atoms with Gasteiger partial charge in [0.2, 0.25) is 5.65 Å². The lowest BCUT2D eigenvalue weighted by Gasteiger charge is -2.10. The molecule has 9 nitrogen and oxygen atoms in total. The molecule has 0 aliphatic heterocycles. The first-order chi connectivity index (χ1) is 15.0. The average Bonchev–Trinajstić information content (AvgIpc) is 3.36. The molecule has 5 rings (SSSR count). The van der Waals surface area contributed by atoms with Crippen LogP contribution in [0.15, 0.2) is 64.3 Å². The van der Waals surface area contributed by atoms with E-state index in [4.69, 9.17) is 10.2 Å². The molecule has 0 amide bonds. The maximum atomic E-state index is 13.1. The molecule has 3 N–H and O–H groups in total. The van der Waals surface area contributed by atoms with E-state index < -0.39 is 0 Å². The van der Waals surface area contributed by atoms with E-state index in [1.807, 2.05) is 56.3 Å². The molecule has 0 unspecified atom stereocenters. The van der Waals surface area contributed by atoms with E-state index in [0.717, 1.165) is 28.1 Å². The molecule has 0 atom stereocenters. The summed E-state index contributed by atoms with van der Waals surface area (Å²) in [6.07, 6.45) is 2.82. The summed E-state index contributed by atoms with van der Waals surface area (Å²) >= 11 is 0. The number of anilines is 1. The number of nitrogens with two attached hydrogens (primary N) is 1. The third-order valence-electron chi connectivity index (χ3n) is 5.04. The van der Waals surface area contributed by atoms with Crippen LogP contribution in [0.25, 0.3) is 28.0 Å². The quantitative estimate of drug-likeness (QED) is 0.435. The minimum atomic E-state index is -0.341. The summed E-state index contributed by atoms with van der Waals surface area (Å²) in [6.45, 7) is 4.09. The lowest BCUT2D eigenvalue weighted by Crippen LogP contribution is -2.44. The Hall–Kier alpha value is -4.27. The number of oxazole rings is 1. The van der Waals surface area contributed by atoms with E-state index in [9.17, 15) is 4.79 Å². The molecule has 0 radical (unpaired) electrons. The van der Waals surface area contributed by atoms with Gasteiger partial charge in [0.25, 0.3) is 0 Å². The Balaban J connectivity index is 1.85. The van der Waals surface area contributed by atoms with Crippen molar-refractivity contribution >= 4 is 11.6 Å². The van der Waals surface area contributed by atoms with E-state index in [0.29, 0.717) is 17.0 Å². The number of aromatic nitrogens is 6. The van der Waals surface area contributed by atoms with Crippen molar-refractivity contribution in [2.75, 3.05) is 5.73 Å². The Bertz CT molecular complexity index is 1430. The molecule has 4 heterocycles. The number of nitrogens with zero attached hydrogens (tertiary/aromatic N) is 5. The van der Waals surface area contributed by atoms with Gasteiger partial charge >= 0.3 is 11.6 Å². The van der Waals surface area contributed by atoms with Crippen molar-refractivity contribution in [1.29, 1.82) is 0 Å². The number of H-pyrrole nitrogens is 1. The predicted octanol–water partition coefficient (Wildman–Crippen LogP) is 2.27. The van der Waals surface area contributed by atoms with Gasteiger partial charge in [-0.3, -0.25) is 4.98 Å². The smallest absolute Gasteiger partial charge is 0.428 e. The summed E-state index contributed by atoms with van der Waals surface area (Å²) < 4.78 is 7.85. The standard InChI is InChI=1S/C22H19N7O2/c1-13-8-16(9-14(2)25-13)18-19(15-6-4-3-5-7-15)26-21(23)29-20(18)27-28(22(29)30)10-17-11-31-12-24-17/h3-9,11-12H,10H2,1-2H3,(H2,23,25,26,27)/p+1. The van der Waals surface area contributed by atoms with Gasteiger partial charge in [-0.1, -0.05) is 30.3 Å². The number of aryl methyl sites for hydroxylation is 2. The molecule has 0 spiro atoms. The molecule has 0 fully saturated rings. The van der Waals surface area contributed by atoms with E-state index in [-0.39, 0.29) is 18.2 Å². The number of hydrogen-bond donors (Lipinski definition) is 2. The van der Waals surface area contributed by atoms with Gasteiger partial charge < -0.3 is 10.2 Å². The Kier molecular flexibility index (Phi) is 4.36. The Morgan fingerprint density at radius 1 is 1.10 bits per heavy atom. The molecule has 9 heteroatoms. The van der Waals surface area contributed by atoms with Gasteiger partial charge in [-0.15, -0.1) is 9.38 Å². The molecular weight excluding hydrogens is 394 g/mol. The van der Waals surface area contributed by atoms with Crippen LogP contribution in [-0.4, -0.2) is 24.7 Å². The molecule has 0 aliphatic rings. The Morgan fingerprint density at radius 3 is 2.52 bits per heavy atom. The first-order valence-corrected chi connectivity index (χ1v) is 9.73. The lowest BCUT2D eigenvalue weighted by molar-refractivity contribution is -0.516. The van der Waals surface area contributed by atoms with Gasteiger partial charge in [-0.25, -0.2) is 14.9 Å². The first kappa shape index (κ1) is 18.7. The molecule has 0 saturated heterocycles. The second kappa shape index (κ2) is 7.21. The number of fused-ring (bicyclic) bond motifs is 1. The van der Waals surface area contributed by atoms with Crippen LogP contribution in [0, 0.1) is 13.8 Å². The van der Waals surface area contributed by atoms with E-state index in [1.54, 1.807) is 0 Å². The fourth-order valence-electron chi connectivity index (χ4n) is 3.80. The van der Waals surface area contributed by atoms with Crippen LogP contribution in [0.1, 0.15) is 17.1 Å². The fourth-order valence-corrected chi connectivity index (χ4v) is 3.80. The summed E-state index contributed by atoms with van der Waals surface area (Å²) in [7, 11) is 0. The third-order valence-corrected chi connectivity index (χ3v) is 5.04. The maximum Gasteiger partial charge on any atom is 0.428 e. The first-order valence-electron chi connectivity index (χ1n) is 9.73. The number of rotatable bonds is 4. The zero-order valence-electron chi connectivity index (χ0n) is 17.0. The minimum absolute atomic E-state index is 0.0975. The Labute approximate surface area is 176 Å². The number of benzene rings is 1. The van der Waals surface area contributed by atoms with Crippen LogP contribution in [0.2, 0.25) is 0 Å². The zero-order valence-corrected chi connectivity index (χ0v) is 17.0. The van der Waals surface area contributed by atoms with Crippen molar-refractivity contribution in [1.82, 2.24) is 24.7 Å². The van der Waals surface area contributed by atoms with Crippen molar-refractivity contribution in [3.8, 4) is 22.4 Å². The molecule has 5 aromatic rings. The summed E-state index contributed by atoms with van der Waals surface area (Å²) in [5, 5.41) is 3.20. The maximum absolute atomic E-state index is 13.1. The molecule has 31 heavy (non-hydrogen) atoms. The SMILES string of the molecule is Cc1cc(-c2c(-c3ccccc3)nc(N)[n+]3c(=O)n(Cc4cocn4)[nH]c23)cc(C)n1. The normalized spacial score (nSPS) is 11.3. The molecule has 154 valence electrons. The Morgan fingerprint density at radius 2 is 1.84 bits per heavy atom. The van der Waals surface area contributed by atoms with Crippen LogP contribution in [0.3, 0.4) is 0 Å². The van der Waals surface area contributed by atoms with Crippen LogP contribution in [-0.2, 0) is 6.54 Å². The van der Waals surface area contributed by atoms with E-state index in [1.165, 1.54) is 21.7 Å². The monoisotopic (exact) mass is 414 g/mol. The molecular formula is C22H20N7O2+. The van der Waals surface area contributed by atoms with Crippen LogP contribution < -0.4 is 15.8 Å². The molecule has 0 aliphatic carbocycles. The van der Waals surface area contributed by atoms with Crippen LogP contribution in [0.5, 0.6) is 0 Å². The zero-order chi connectivity index (χ0) is 21.5. The number of pyridine rings is 1. The molecule has 0 saturated carbocycles. The number of aromatic amines is 1. The van der Waals surface area contributed by atoms with Crippen LogP contribution >= 0.6 is 0 Å². The summed E-state index contributed by atoms with van der Waals surface area (Å²) in [5.41, 5.74) is 12.0. The summed E-state index contributed by atoms with van der Waals surface area (Å²) in [4.78, 5) is 26.4. The van der Waals surface area contributed by atoms with Gasteiger partial charge in [0, 0.05) is 17.0 Å². The highest BCUT2D eigenvalue weighted by Crippen LogP contribution is 2.33. The van der Waals surface area contributed by atoms with Gasteiger partial charge in [0.1, 0.15) is 24.2 Å². The van der Waals surface area contributed by atoms with E-state index >= 15 is 0 Å². The number of hydrogen-bond acceptors (Lipinski definition) is 6. The fraction of sp³-hybridized carbons (Fsp3) is 0.136. The van der Waals surface area contributed by atoms with Crippen molar-refractivity contribution < 1.29 is 8.82 Å². The highest BCUT2D eigenvalue weighted by atomic mass is 16.3. The highest BCUT2D eigenvalue weighted by Gasteiger charge is 2.26. The van der Waals surface area contributed by atoms with Gasteiger partial charge in [-0.05, 0) is 31.5 Å². The molecule has 1 aromatic carbocycles. The topological polar surface area (TPSA) is 120 Å². The second-order valence-corrected chi connectivity index (χ2v) is 7.34.